The molecule has 1 amide bonds. The lowest BCUT2D eigenvalue weighted by molar-refractivity contribution is -0.129. The van der Waals surface area contributed by atoms with Gasteiger partial charge in [0.2, 0.25) is 5.91 Å². The molecule has 2 heterocycles. The summed E-state index contributed by atoms with van der Waals surface area (Å²) in [6.07, 6.45) is 0.807. The van der Waals surface area contributed by atoms with Gasteiger partial charge in [-0.3, -0.25) is 4.79 Å². The van der Waals surface area contributed by atoms with Crippen LogP contribution in [0.4, 0.5) is 0 Å². The molecule has 1 aliphatic rings. The number of fused-ring (bicyclic) bond motifs is 1. The predicted molar refractivity (Wildman–Crippen MR) is 82.2 cm³/mol. The molecular weight excluding hydrogens is 284 g/mol. The highest BCUT2D eigenvalue weighted by molar-refractivity contribution is 8.01. The molecule has 0 radical (unpaired) electrons. The molecule has 1 aromatic carbocycles. The molecule has 21 heavy (non-hydrogen) atoms. The number of hydrogen-bond donors (Lipinski definition) is 0. The maximum Gasteiger partial charge on any atom is 0.236 e. The first-order valence-electron chi connectivity index (χ1n) is 6.96. The van der Waals surface area contributed by atoms with Crippen LogP contribution in [-0.2, 0) is 17.8 Å². The van der Waals surface area contributed by atoms with E-state index in [1.165, 1.54) is 16.0 Å². The van der Waals surface area contributed by atoms with E-state index in [9.17, 15) is 4.79 Å². The highest BCUT2D eigenvalue weighted by Gasteiger charge is 2.30. The monoisotopic (exact) mass is 302 g/mol. The number of hydrogen-bond acceptors (Lipinski definition) is 4. The Balaban J connectivity index is 1.66. The SMILES string of the molecule is Cc1ccc2c(c1)S[C@@H](C(=O)N(C)Cc1cc(C)on1)C2. The van der Waals surface area contributed by atoms with E-state index in [2.05, 4.69) is 30.3 Å². The Hall–Kier alpha value is -1.75. The zero-order valence-corrected chi connectivity index (χ0v) is 13.2. The fourth-order valence-electron chi connectivity index (χ4n) is 2.53. The molecule has 1 atom stereocenters. The molecule has 0 bridgehead atoms. The van der Waals surface area contributed by atoms with Gasteiger partial charge in [-0.2, -0.15) is 0 Å². The fraction of sp³-hybridized carbons (Fsp3) is 0.375. The predicted octanol–water partition coefficient (Wildman–Crippen LogP) is 2.97. The van der Waals surface area contributed by atoms with Crippen molar-refractivity contribution in [2.45, 2.75) is 37.0 Å². The Kier molecular flexibility index (Phi) is 3.76. The molecule has 0 spiro atoms. The van der Waals surface area contributed by atoms with E-state index < -0.39 is 0 Å². The van der Waals surface area contributed by atoms with Gasteiger partial charge in [-0.05, 0) is 31.9 Å². The van der Waals surface area contributed by atoms with E-state index in [1.807, 2.05) is 20.0 Å². The van der Waals surface area contributed by atoms with Gasteiger partial charge in [0, 0.05) is 18.0 Å². The summed E-state index contributed by atoms with van der Waals surface area (Å²) in [6.45, 7) is 4.42. The standard InChI is InChI=1S/C16H18N2O2S/c1-10-4-5-12-8-15(21-14(12)6-10)16(19)18(3)9-13-7-11(2)20-17-13/h4-7,15H,8-9H2,1-3H3/t15-/m1/s1. The Morgan fingerprint density at radius 3 is 2.95 bits per heavy atom. The van der Waals surface area contributed by atoms with Gasteiger partial charge >= 0.3 is 0 Å². The number of carbonyl (C=O) groups excluding carboxylic acids is 1. The lowest BCUT2D eigenvalue weighted by Gasteiger charge is -2.19. The fourth-order valence-corrected chi connectivity index (χ4v) is 3.94. The van der Waals surface area contributed by atoms with Gasteiger partial charge < -0.3 is 9.42 Å². The van der Waals surface area contributed by atoms with Crippen LogP contribution >= 0.6 is 11.8 Å². The number of thioether (sulfide) groups is 1. The third kappa shape index (κ3) is 2.97. The molecule has 2 aromatic rings. The van der Waals surface area contributed by atoms with Gasteiger partial charge in [0.05, 0.1) is 11.8 Å². The van der Waals surface area contributed by atoms with Gasteiger partial charge in [0.15, 0.2) is 0 Å². The van der Waals surface area contributed by atoms with Crippen LogP contribution in [0.1, 0.15) is 22.6 Å². The largest absolute Gasteiger partial charge is 0.361 e. The minimum Gasteiger partial charge on any atom is -0.361 e. The lowest BCUT2D eigenvalue weighted by atomic mass is 10.1. The van der Waals surface area contributed by atoms with Crippen molar-refractivity contribution < 1.29 is 9.32 Å². The first-order valence-corrected chi connectivity index (χ1v) is 7.84. The third-order valence-electron chi connectivity index (χ3n) is 3.62. The Morgan fingerprint density at radius 2 is 2.24 bits per heavy atom. The van der Waals surface area contributed by atoms with Crippen molar-refractivity contribution in [3.05, 3.63) is 46.8 Å². The van der Waals surface area contributed by atoms with Gasteiger partial charge in [0.25, 0.3) is 0 Å². The number of amides is 1. The average molecular weight is 302 g/mol. The topological polar surface area (TPSA) is 46.3 Å². The van der Waals surface area contributed by atoms with E-state index >= 15 is 0 Å². The van der Waals surface area contributed by atoms with Crippen LogP contribution in [0.5, 0.6) is 0 Å². The molecule has 1 aliphatic heterocycles. The second kappa shape index (κ2) is 5.56. The number of benzene rings is 1. The van der Waals surface area contributed by atoms with Crippen molar-refractivity contribution in [1.29, 1.82) is 0 Å². The summed E-state index contributed by atoms with van der Waals surface area (Å²) >= 11 is 1.67. The van der Waals surface area contributed by atoms with E-state index in [0.717, 1.165) is 17.9 Å². The zero-order valence-electron chi connectivity index (χ0n) is 12.4. The summed E-state index contributed by atoms with van der Waals surface area (Å²) in [4.78, 5) is 15.5. The van der Waals surface area contributed by atoms with Crippen LogP contribution in [0.2, 0.25) is 0 Å². The third-order valence-corrected chi connectivity index (χ3v) is 4.91. The van der Waals surface area contributed by atoms with E-state index in [4.69, 9.17) is 4.52 Å². The highest BCUT2D eigenvalue weighted by atomic mass is 32.2. The molecule has 5 heteroatoms. The summed E-state index contributed by atoms with van der Waals surface area (Å²) in [6, 6.07) is 8.26. The lowest BCUT2D eigenvalue weighted by Crippen LogP contribution is -2.34. The minimum absolute atomic E-state index is 0.0280. The highest BCUT2D eigenvalue weighted by Crippen LogP contribution is 2.38. The zero-order chi connectivity index (χ0) is 15.0. The van der Waals surface area contributed by atoms with Gasteiger partial charge in [-0.15, -0.1) is 11.8 Å². The molecule has 0 saturated heterocycles. The smallest absolute Gasteiger partial charge is 0.236 e. The second-order valence-corrected chi connectivity index (χ2v) is 6.79. The Labute approximate surface area is 128 Å². The summed E-state index contributed by atoms with van der Waals surface area (Å²) in [7, 11) is 1.82. The van der Waals surface area contributed by atoms with Crippen molar-refractivity contribution >= 4 is 17.7 Å². The number of aryl methyl sites for hydroxylation is 2. The molecule has 0 N–H and O–H groups in total. The quantitative estimate of drug-likeness (QED) is 0.874. The molecule has 4 nitrogen and oxygen atoms in total. The molecular formula is C16H18N2O2S. The molecule has 1 aromatic heterocycles. The van der Waals surface area contributed by atoms with Crippen molar-refractivity contribution in [2.24, 2.45) is 0 Å². The van der Waals surface area contributed by atoms with Crippen molar-refractivity contribution in [3.63, 3.8) is 0 Å². The average Bonchev–Trinajstić information content (AvgIpc) is 3.03. The summed E-state index contributed by atoms with van der Waals surface area (Å²) < 4.78 is 5.04. The van der Waals surface area contributed by atoms with Crippen LogP contribution in [0, 0.1) is 13.8 Å². The number of nitrogens with zero attached hydrogens (tertiary/aromatic N) is 2. The van der Waals surface area contributed by atoms with Crippen LogP contribution in [-0.4, -0.2) is 28.3 Å². The minimum atomic E-state index is -0.0280. The molecule has 0 aliphatic carbocycles. The van der Waals surface area contributed by atoms with Crippen LogP contribution < -0.4 is 0 Å². The van der Waals surface area contributed by atoms with Crippen molar-refractivity contribution in [1.82, 2.24) is 10.1 Å². The van der Waals surface area contributed by atoms with Crippen molar-refractivity contribution in [2.75, 3.05) is 7.05 Å². The summed E-state index contributed by atoms with van der Waals surface area (Å²) in [5, 5.41) is 3.91. The molecule has 0 fully saturated rings. The maximum atomic E-state index is 12.6. The normalized spacial score (nSPS) is 16.8. The van der Waals surface area contributed by atoms with Crippen LogP contribution in [0.3, 0.4) is 0 Å². The second-order valence-electron chi connectivity index (χ2n) is 5.54. The number of rotatable bonds is 3. The number of aromatic nitrogens is 1. The first-order chi connectivity index (χ1) is 10.0. The summed E-state index contributed by atoms with van der Waals surface area (Å²) in [5.41, 5.74) is 3.30. The van der Waals surface area contributed by atoms with Crippen molar-refractivity contribution in [3.8, 4) is 0 Å². The van der Waals surface area contributed by atoms with Crippen LogP contribution in [0.15, 0.2) is 33.7 Å². The van der Waals surface area contributed by atoms with Gasteiger partial charge in [0.1, 0.15) is 11.5 Å². The van der Waals surface area contributed by atoms with E-state index in [-0.39, 0.29) is 11.2 Å². The van der Waals surface area contributed by atoms with E-state index in [0.29, 0.717) is 6.54 Å². The first kappa shape index (κ1) is 14.2. The van der Waals surface area contributed by atoms with Gasteiger partial charge in [-0.1, -0.05) is 22.9 Å². The maximum absolute atomic E-state index is 12.6. The summed E-state index contributed by atoms with van der Waals surface area (Å²) in [5.74, 6) is 0.915. The molecule has 0 saturated carbocycles. The number of carbonyl (C=O) groups is 1. The van der Waals surface area contributed by atoms with Crippen LogP contribution in [0.25, 0.3) is 0 Å². The van der Waals surface area contributed by atoms with E-state index in [1.54, 1.807) is 16.7 Å². The Bertz CT molecular complexity index is 681. The molecule has 110 valence electrons. The Morgan fingerprint density at radius 1 is 1.43 bits per heavy atom. The van der Waals surface area contributed by atoms with Gasteiger partial charge in [-0.25, -0.2) is 0 Å². The molecule has 0 unspecified atom stereocenters. The molecule has 3 rings (SSSR count).